The fourth-order valence-electron chi connectivity index (χ4n) is 4.36. The maximum absolute atomic E-state index is 13.6. The first-order chi connectivity index (χ1) is 14.9. The number of likely N-dealkylation sites (tertiary alicyclic amines) is 1. The van der Waals surface area contributed by atoms with Crippen molar-refractivity contribution in [1.82, 2.24) is 9.80 Å². The van der Waals surface area contributed by atoms with Gasteiger partial charge in [-0.3, -0.25) is 9.59 Å². The van der Waals surface area contributed by atoms with Crippen molar-refractivity contribution >= 4 is 17.8 Å². The Morgan fingerprint density at radius 2 is 1.74 bits per heavy atom. The second kappa shape index (κ2) is 8.79. The van der Waals surface area contributed by atoms with Crippen LogP contribution in [-0.4, -0.2) is 52.4 Å². The molecule has 31 heavy (non-hydrogen) atoms. The van der Waals surface area contributed by atoms with E-state index in [1.54, 1.807) is 24.0 Å². The lowest BCUT2D eigenvalue weighted by Gasteiger charge is -2.36. The molecule has 7 heteroatoms. The lowest BCUT2D eigenvalue weighted by Crippen LogP contribution is -2.45. The van der Waals surface area contributed by atoms with Crippen LogP contribution in [0.3, 0.4) is 0 Å². The van der Waals surface area contributed by atoms with E-state index in [1.807, 2.05) is 35.2 Å². The van der Waals surface area contributed by atoms with Gasteiger partial charge in [-0.15, -0.1) is 0 Å². The molecule has 0 saturated carbocycles. The van der Waals surface area contributed by atoms with Gasteiger partial charge < -0.3 is 19.6 Å². The standard InChI is InChI=1S/C24H26N2O5/c1-16(27)25-11-9-18(10-12-25)23(28)26-14-20-8-7-19(24(29)30)13-22(20)31-15-21(26)17-5-3-2-4-6-17/h2-8,13,18,21H,9-12,14-15H2,1H3,(H,29,30)/t21-/m1/s1. The first kappa shape index (κ1) is 20.9. The largest absolute Gasteiger partial charge is 0.491 e. The molecule has 2 heterocycles. The van der Waals surface area contributed by atoms with Gasteiger partial charge in [-0.1, -0.05) is 36.4 Å². The first-order valence-corrected chi connectivity index (χ1v) is 10.5. The number of amides is 2. The molecule has 0 aromatic heterocycles. The van der Waals surface area contributed by atoms with Crippen LogP contribution in [0.15, 0.2) is 48.5 Å². The number of ether oxygens (including phenoxy) is 1. The van der Waals surface area contributed by atoms with E-state index in [-0.39, 0.29) is 35.9 Å². The summed E-state index contributed by atoms with van der Waals surface area (Å²) >= 11 is 0. The van der Waals surface area contributed by atoms with Gasteiger partial charge in [0.15, 0.2) is 0 Å². The van der Waals surface area contributed by atoms with Gasteiger partial charge in [-0.25, -0.2) is 4.79 Å². The number of hydrogen-bond donors (Lipinski definition) is 1. The van der Waals surface area contributed by atoms with Crippen molar-refractivity contribution in [2.75, 3.05) is 19.7 Å². The van der Waals surface area contributed by atoms with Gasteiger partial charge in [0.25, 0.3) is 0 Å². The summed E-state index contributed by atoms with van der Waals surface area (Å²) < 4.78 is 6.01. The predicted molar refractivity (Wildman–Crippen MR) is 114 cm³/mol. The third-order valence-corrected chi connectivity index (χ3v) is 6.18. The van der Waals surface area contributed by atoms with Crippen molar-refractivity contribution in [3.05, 3.63) is 65.2 Å². The van der Waals surface area contributed by atoms with Crippen LogP contribution in [0, 0.1) is 5.92 Å². The van der Waals surface area contributed by atoms with E-state index >= 15 is 0 Å². The Morgan fingerprint density at radius 1 is 1.03 bits per heavy atom. The molecule has 0 spiro atoms. The number of piperidine rings is 1. The van der Waals surface area contributed by atoms with Gasteiger partial charge >= 0.3 is 5.97 Å². The molecule has 2 aliphatic rings. The average Bonchev–Trinajstić information content (AvgIpc) is 2.98. The number of nitrogens with zero attached hydrogens (tertiary/aromatic N) is 2. The number of hydrogen-bond acceptors (Lipinski definition) is 4. The van der Waals surface area contributed by atoms with Gasteiger partial charge in [-0.2, -0.15) is 0 Å². The number of carboxylic acid groups (broad SMARTS) is 1. The van der Waals surface area contributed by atoms with Gasteiger partial charge in [0.2, 0.25) is 11.8 Å². The molecule has 2 aliphatic heterocycles. The average molecular weight is 422 g/mol. The molecule has 2 aromatic rings. The van der Waals surface area contributed by atoms with Crippen molar-refractivity contribution in [3.8, 4) is 5.75 Å². The zero-order chi connectivity index (χ0) is 22.0. The molecule has 2 amide bonds. The second-order valence-corrected chi connectivity index (χ2v) is 8.11. The molecule has 1 saturated heterocycles. The van der Waals surface area contributed by atoms with Crippen molar-refractivity contribution in [3.63, 3.8) is 0 Å². The summed E-state index contributed by atoms with van der Waals surface area (Å²) in [6.45, 7) is 3.33. The van der Waals surface area contributed by atoms with Gasteiger partial charge in [0, 0.05) is 31.5 Å². The lowest BCUT2D eigenvalue weighted by molar-refractivity contribution is -0.143. The molecule has 2 aromatic carbocycles. The third-order valence-electron chi connectivity index (χ3n) is 6.18. The van der Waals surface area contributed by atoms with Crippen LogP contribution in [0.1, 0.15) is 47.3 Å². The minimum Gasteiger partial charge on any atom is -0.491 e. The Balaban J connectivity index is 1.63. The van der Waals surface area contributed by atoms with Gasteiger partial charge in [-0.05, 0) is 30.5 Å². The Labute approximate surface area is 181 Å². The van der Waals surface area contributed by atoms with Gasteiger partial charge in [0.1, 0.15) is 12.4 Å². The summed E-state index contributed by atoms with van der Waals surface area (Å²) in [5.41, 5.74) is 1.92. The van der Waals surface area contributed by atoms with E-state index in [4.69, 9.17) is 4.74 Å². The molecule has 162 valence electrons. The van der Waals surface area contributed by atoms with Crippen LogP contribution in [-0.2, 0) is 16.1 Å². The molecule has 0 aliphatic carbocycles. The Morgan fingerprint density at radius 3 is 2.39 bits per heavy atom. The predicted octanol–water partition coefficient (Wildman–Crippen LogP) is 3.11. The second-order valence-electron chi connectivity index (χ2n) is 8.11. The van der Waals surface area contributed by atoms with Crippen molar-refractivity contribution in [2.45, 2.75) is 32.4 Å². The van der Waals surface area contributed by atoms with E-state index < -0.39 is 5.97 Å². The molecule has 0 unspecified atom stereocenters. The van der Waals surface area contributed by atoms with E-state index in [9.17, 15) is 19.5 Å². The maximum atomic E-state index is 13.6. The molecule has 7 nitrogen and oxygen atoms in total. The fraction of sp³-hybridized carbons (Fsp3) is 0.375. The first-order valence-electron chi connectivity index (χ1n) is 10.5. The van der Waals surface area contributed by atoms with Crippen LogP contribution in [0.4, 0.5) is 0 Å². The maximum Gasteiger partial charge on any atom is 0.335 e. The smallest absolute Gasteiger partial charge is 0.335 e. The van der Waals surface area contributed by atoms with Crippen molar-refractivity contribution in [1.29, 1.82) is 0 Å². The van der Waals surface area contributed by atoms with E-state index in [1.165, 1.54) is 6.07 Å². The van der Waals surface area contributed by atoms with Crippen LogP contribution in [0.5, 0.6) is 5.75 Å². The molecule has 1 N–H and O–H groups in total. The highest BCUT2D eigenvalue weighted by Gasteiger charge is 2.35. The van der Waals surface area contributed by atoms with E-state index in [0.717, 1.165) is 11.1 Å². The Hall–Kier alpha value is -3.35. The number of rotatable bonds is 3. The van der Waals surface area contributed by atoms with Crippen molar-refractivity contribution in [2.24, 2.45) is 5.92 Å². The third kappa shape index (κ3) is 4.40. The SMILES string of the molecule is CC(=O)N1CCC(C(=O)N2Cc3ccc(C(=O)O)cc3OC[C@@H]2c2ccccc2)CC1. The fourth-order valence-corrected chi connectivity index (χ4v) is 4.36. The lowest BCUT2D eigenvalue weighted by atomic mass is 9.93. The minimum atomic E-state index is -1.01. The number of benzene rings is 2. The summed E-state index contributed by atoms with van der Waals surface area (Å²) in [5.74, 6) is -0.570. The highest BCUT2D eigenvalue weighted by atomic mass is 16.5. The summed E-state index contributed by atoms with van der Waals surface area (Å²) in [7, 11) is 0. The number of carboxylic acids is 1. The molecule has 4 rings (SSSR count). The van der Waals surface area contributed by atoms with Crippen molar-refractivity contribution < 1.29 is 24.2 Å². The van der Waals surface area contributed by atoms with E-state index in [0.29, 0.717) is 38.2 Å². The van der Waals surface area contributed by atoms with Crippen LogP contribution < -0.4 is 4.74 Å². The molecular weight excluding hydrogens is 396 g/mol. The highest BCUT2D eigenvalue weighted by Crippen LogP contribution is 2.34. The summed E-state index contributed by atoms with van der Waals surface area (Å²) in [4.78, 5) is 40.3. The summed E-state index contributed by atoms with van der Waals surface area (Å²) in [6, 6.07) is 14.3. The minimum absolute atomic E-state index is 0.0411. The number of carbonyl (C=O) groups excluding carboxylic acids is 2. The zero-order valence-corrected chi connectivity index (χ0v) is 17.5. The van der Waals surface area contributed by atoms with E-state index in [2.05, 4.69) is 0 Å². The molecule has 1 atom stereocenters. The monoisotopic (exact) mass is 422 g/mol. The number of aromatic carboxylic acids is 1. The van der Waals surface area contributed by atoms with Crippen LogP contribution in [0.2, 0.25) is 0 Å². The quantitative estimate of drug-likeness (QED) is 0.821. The Kier molecular flexibility index (Phi) is 5.93. The Bertz CT molecular complexity index is 983. The number of carbonyl (C=O) groups is 3. The molecule has 0 radical (unpaired) electrons. The summed E-state index contributed by atoms with van der Waals surface area (Å²) in [6.07, 6.45) is 1.28. The zero-order valence-electron chi connectivity index (χ0n) is 17.5. The summed E-state index contributed by atoms with van der Waals surface area (Å²) in [5, 5.41) is 9.31. The molecule has 1 fully saturated rings. The molecule has 0 bridgehead atoms. The van der Waals surface area contributed by atoms with Crippen LogP contribution in [0.25, 0.3) is 0 Å². The highest BCUT2D eigenvalue weighted by molar-refractivity contribution is 5.88. The normalized spacial score (nSPS) is 19.2. The van der Waals surface area contributed by atoms with Crippen LogP contribution >= 0.6 is 0 Å². The number of fused-ring (bicyclic) bond motifs is 1. The topological polar surface area (TPSA) is 87.2 Å². The van der Waals surface area contributed by atoms with Gasteiger partial charge in [0.05, 0.1) is 18.2 Å². The molecular formula is C24H26N2O5.